The topological polar surface area (TPSA) is 105 Å². The maximum Gasteiger partial charge on any atom is 0.255 e. The lowest BCUT2D eigenvalue weighted by Gasteiger charge is -2.48. The maximum absolute atomic E-state index is 13.0. The zero-order chi connectivity index (χ0) is 23.9. The van der Waals surface area contributed by atoms with Gasteiger partial charge in [0.05, 0.1) is 5.69 Å². The number of rotatable bonds is 5. The number of carbonyl (C=O) groups is 3. The van der Waals surface area contributed by atoms with Gasteiger partial charge in [-0.25, -0.2) is 0 Å². The van der Waals surface area contributed by atoms with Gasteiger partial charge in [-0.15, -0.1) is 0 Å². The number of benzene rings is 1. The van der Waals surface area contributed by atoms with Crippen LogP contribution in [0.25, 0.3) is 0 Å². The number of nitrogens with one attached hydrogen (secondary N) is 1. The molecule has 9 nitrogen and oxygen atoms in total. The third-order valence-corrected chi connectivity index (χ3v) is 7.84. The van der Waals surface area contributed by atoms with Crippen LogP contribution in [-0.2, 0) is 16.1 Å². The molecule has 3 unspecified atom stereocenters. The molecule has 3 atom stereocenters. The van der Waals surface area contributed by atoms with Crippen LogP contribution in [0.2, 0.25) is 0 Å². The van der Waals surface area contributed by atoms with Gasteiger partial charge < -0.3 is 9.64 Å². The molecule has 1 aliphatic carbocycles. The zero-order valence-corrected chi connectivity index (χ0v) is 19.6. The van der Waals surface area contributed by atoms with Crippen molar-refractivity contribution in [3.05, 3.63) is 53.3 Å². The molecule has 1 saturated carbocycles. The first kappa shape index (κ1) is 22.2. The van der Waals surface area contributed by atoms with Crippen molar-refractivity contribution in [2.45, 2.75) is 69.2 Å². The molecular formula is C26H29N5O4. The Morgan fingerprint density at radius 3 is 2.69 bits per heavy atom. The third-order valence-electron chi connectivity index (χ3n) is 7.84. The van der Waals surface area contributed by atoms with E-state index in [1.54, 1.807) is 11.1 Å². The summed E-state index contributed by atoms with van der Waals surface area (Å²) < 4.78 is 6.52. The Balaban J connectivity index is 1.12. The van der Waals surface area contributed by atoms with Crippen LogP contribution in [0, 0.1) is 0 Å². The minimum Gasteiger partial charge on any atom is -0.489 e. The van der Waals surface area contributed by atoms with E-state index in [0.29, 0.717) is 30.5 Å². The van der Waals surface area contributed by atoms with Crippen molar-refractivity contribution in [1.29, 1.82) is 0 Å². The maximum atomic E-state index is 13.0. The number of likely N-dealkylation sites (tertiary alicyclic amines) is 1. The van der Waals surface area contributed by atoms with Crippen LogP contribution in [0.5, 0.6) is 5.75 Å². The Labute approximate surface area is 203 Å². The molecule has 3 amide bonds. The fourth-order valence-electron chi connectivity index (χ4n) is 5.93. The first-order valence-corrected chi connectivity index (χ1v) is 12.5. The van der Waals surface area contributed by atoms with Gasteiger partial charge in [0, 0.05) is 49.8 Å². The van der Waals surface area contributed by atoms with Crippen molar-refractivity contribution >= 4 is 17.7 Å². The van der Waals surface area contributed by atoms with Gasteiger partial charge in [-0.1, -0.05) is 6.42 Å². The molecule has 9 heteroatoms. The van der Waals surface area contributed by atoms with E-state index < -0.39 is 11.9 Å². The summed E-state index contributed by atoms with van der Waals surface area (Å²) in [5, 5.41) is 10.6. The highest BCUT2D eigenvalue weighted by atomic mass is 16.5. The predicted molar refractivity (Wildman–Crippen MR) is 126 cm³/mol. The van der Waals surface area contributed by atoms with Gasteiger partial charge >= 0.3 is 0 Å². The van der Waals surface area contributed by atoms with Gasteiger partial charge in [0.25, 0.3) is 5.91 Å². The molecule has 4 aliphatic rings. The molecule has 0 bridgehead atoms. The number of hydrogen-bond acceptors (Lipinski definition) is 7. The van der Waals surface area contributed by atoms with Gasteiger partial charge in [0.15, 0.2) is 0 Å². The number of amides is 3. The lowest BCUT2D eigenvalue weighted by atomic mass is 9.86. The number of aromatic nitrogens is 2. The molecule has 35 heavy (non-hydrogen) atoms. The zero-order valence-electron chi connectivity index (χ0n) is 19.6. The van der Waals surface area contributed by atoms with Crippen molar-refractivity contribution in [3.63, 3.8) is 0 Å². The average Bonchev–Trinajstić information content (AvgIpc) is 3.15. The highest BCUT2D eigenvalue weighted by molar-refractivity contribution is 6.05. The lowest BCUT2D eigenvalue weighted by Crippen LogP contribution is -2.57. The molecular weight excluding hydrogens is 446 g/mol. The highest BCUT2D eigenvalue weighted by Crippen LogP contribution is 2.36. The van der Waals surface area contributed by atoms with Crippen LogP contribution in [0.15, 0.2) is 36.5 Å². The Bertz CT molecular complexity index is 1150. The quantitative estimate of drug-likeness (QED) is 0.660. The third kappa shape index (κ3) is 4.18. The van der Waals surface area contributed by atoms with Crippen molar-refractivity contribution in [2.75, 3.05) is 13.1 Å². The standard InChI is InChI=1S/C26H29N5O4/c32-24-10-9-22(25(33)28-24)31-15-16-12-18(7-8-19(16)26(31)34)35-23-6-2-1-5-21(23)30-13-17(14-30)20-4-3-11-27-29-20/h3-4,7-8,11-12,17,21-23H,1-2,5-6,9-10,13-15H2,(H,28,32,33). The molecule has 182 valence electrons. The number of ether oxygens (including phenoxy) is 1. The summed E-state index contributed by atoms with van der Waals surface area (Å²) in [4.78, 5) is 40.8. The van der Waals surface area contributed by atoms with Crippen LogP contribution in [0.1, 0.15) is 66.1 Å². The molecule has 0 spiro atoms. The smallest absolute Gasteiger partial charge is 0.255 e. The molecule has 3 fully saturated rings. The van der Waals surface area contributed by atoms with Crippen LogP contribution in [-0.4, -0.2) is 69.0 Å². The Hall–Kier alpha value is -3.33. The van der Waals surface area contributed by atoms with Crippen molar-refractivity contribution < 1.29 is 19.1 Å². The van der Waals surface area contributed by atoms with Crippen LogP contribution >= 0.6 is 0 Å². The minimum absolute atomic E-state index is 0.105. The normalized spacial score (nSPS) is 27.4. The van der Waals surface area contributed by atoms with E-state index in [1.165, 1.54) is 6.42 Å². The second-order valence-electron chi connectivity index (χ2n) is 10.0. The number of piperidine rings is 1. The first-order valence-electron chi connectivity index (χ1n) is 12.5. The lowest BCUT2D eigenvalue weighted by molar-refractivity contribution is -0.136. The van der Waals surface area contributed by atoms with E-state index in [9.17, 15) is 14.4 Å². The predicted octanol–water partition coefficient (Wildman–Crippen LogP) is 2.03. The molecule has 2 saturated heterocycles. The number of fused-ring (bicyclic) bond motifs is 1. The Morgan fingerprint density at radius 1 is 1.03 bits per heavy atom. The average molecular weight is 476 g/mol. The molecule has 0 radical (unpaired) electrons. The Morgan fingerprint density at radius 2 is 1.89 bits per heavy atom. The van der Waals surface area contributed by atoms with E-state index in [-0.39, 0.29) is 24.3 Å². The highest BCUT2D eigenvalue weighted by Gasteiger charge is 2.41. The number of nitrogens with zero attached hydrogens (tertiary/aromatic N) is 4. The molecule has 4 heterocycles. The van der Waals surface area contributed by atoms with Crippen LogP contribution in [0.3, 0.4) is 0 Å². The number of carbonyl (C=O) groups excluding carboxylic acids is 3. The summed E-state index contributed by atoms with van der Waals surface area (Å²) in [5.41, 5.74) is 2.54. The van der Waals surface area contributed by atoms with Gasteiger partial charge in [0.1, 0.15) is 17.9 Å². The van der Waals surface area contributed by atoms with E-state index in [4.69, 9.17) is 4.74 Å². The van der Waals surface area contributed by atoms with Crippen LogP contribution in [0.4, 0.5) is 0 Å². The molecule has 1 aromatic heterocycles. The van der Waals surface area contributed by atoms with E-state index in [1.807, 2.05) is 30.3 Å². The summed E-state index contributed by atoms with van der Waals surface area (Å²) in [6.07, 6.45) is 6.91. The fourth-order valence-corrected chi connectivity index (χ4v) is 5.93. The second-order valence-corrected chi connectivity index (χ2v) is 10.0. The summed E-state index contributed by atoms with van der Waals surface area (Å²) in [5.74, 6) is 0.365. The van der Waals surface area contributed by atoms with Gasteiger partial charge in [0.2, 0.25) is 11.8 Å². The van der Waals surface area contributed by atoms with Crippen LogP contribution < -0.4 is 10.1 Å². The van der Waals surface area contributed by atoms with Gasteiger partial charge in [-0.2, -0.15) is 10.2 Å². The van der Waals surface area contributed by atoms with Crippen molar-refractivity contribution in [1.82, 2.24) is 25.3 Å². The largest absolute Gasteiger partial charge is 0.489 e. The van der Waals surface area contributed by atoms with Crippen molar-refractivity contribution in [2.24, 2.45) is 0 Å². The summed E-state index contributed by atoms with van der Waals surface area (Å²) in [6.45, 7) is 2.31. The molecule has 3 aliphatic heterocycles. The first-order chi connectivity index (χ1) is 17.1. The number of hydrogen-bond donors (Lipinski definition) is 1. The number of imide groups is 1. The molecule has 2 aromatic rings. The van der Waals surface area contributed by atoms with Crippen molar-refractivity contribution in [3.8, 4) is 5.75 Å². The monoisotopic (exact) mass is 475 g/mol. The van der Waals surface area contributed by atoms with Gasteiger partial charge in [-0.3, -0.25) is 24.6 Å². The van der Waals surface area contributed by atoms with Gasteiger partial charge in [-0.05, 0) is 61.6 Å². The molecule has 6 rings (SSSR count). The van der Waals surface area contributed by atoms with E-state index in [2.05, 4.69) is 20.4 Å². The molecule has 1 aromatic carbocycles. The summed E-state index contributed by atoms with van der Waals surface area (Å²) >= 11 is 0. The minimum atomic E-state index is -0.603. The SMILES string of the molecule is O=C1CCC(N2Cc3cc(OC4CCCCC4N4CC(c5cccnn5)C4)ccc3C2=O)C(=O)N1. The fraction of sp³-hybridized carbons (Fsp3) is 0.500. The van der Waals surface area contributed by atoms with E-state index in [0.717, 1.165) is 49.4 Å². The van der Waals surface area contributed by atoms with E-state index >= 15 is 0 Å². The summed E-state index contributed by atoms with van der Waals surface area (Å²) in [7, 11) is 0. The second kappa shape index (κ2) is 9.03. The summed E-state index contributed by atoms with van der Waals surface area (Å²) in [6, 6.07) is 9.38. The molecule has 1 N–H and O–H groups in total. The Kier molecular flexibility index (Phi) is 5.72.